The molecule has 9 nitrogen and oxygen atoms in total. The predicted molar refractivity (Wildman–Crippen MR) is 67.4 cm³/mol. The first kappa shape index (κ1) is 12.6. The van der Waals surface area contributed by atoms with E-state index in [0.29, 0.717) is 0 Å². The van der Waals surface area contributed by atoms with Crippen LogP contribution in [0.1, 0.15) is 6.92 Å². The molecule has 0 spiro atoms. The standard InChI is InChI=1S/C11H13N5O4/c1-11(4-12)5-16(10(18)20-11)6-2-13-9-8(14-6)15-7(17)3-19-9/h2H,3-5,12H2,1H3,(H,14,15,17)/t11-/m0/s1. The molecule has 0 aliphatic carbocycles. The molecule has 0 unspecified atom stereocenters. The van der Waals surface area contributed by atoms with Crippen molar-refractivity contribution in [1.82, 2.24) is 9.97 Å². The van der Waals surface area contributed by atoms with Crippen molar-refractivity contribution in [1.29, 1.82) is 0 Å². The molecular formula is C11H13N5O4. The molecule has 0 aromatic carbocycles. The van der Waals surface area contributed by atoms with Crippen molar-refractivity contribution in [3.63, 3.8) is 0 Å². The summed E-state index contributed by atoms with van der Waals surface area (Å²) in [4.78, 5) is 32.6. The molecule has 2 aliphatic heterocycles. The van der Waals surface area contributed by atoms with E-state index in [2.05, 4.69) is 15.3 Å². The van der Waals surface area contributed by atoms with Gasteiger partial charge in [0.15, 0.2) is 18.2 Å². The van der Waals surface area contributed by atoms with Crippen LogP contribution in [0, 0.1) is 0 Å². The highest BCUT2D eigenvalue weighted by molar-refractivity contribution is 5.94. The van der Waals surface area contributed by atoms with E-state index < -0.39 is 11.7 Å². The van der Waals surface area contributed by atoms with Crippen LogP contribution in [0.4, 0.5) is 16.4 Å². The van der Waals surface area contributed by atoms with Gasteiger partial charge in [0.05, 0.1) is 12.7 Å². The van der Waals surface area contributed by atoms with Crippen LogP contribution in [0.2, 0.25) is 0 Å². The molecule has 20 heavy (non-hydrogen) atoms. The van der Waals surface area contributed by atoms with Crippen LogP contribution < -0.4 is 20.7 Å². The van der Waals surface area contributed by atoms with E-state index in [1.54, 1.807) is 6.92 Å². The number of nitrogens with zero attached hydrogens (tertiary/aromatic N) is 3. The zero-order chi connectivity index (χ0) is 14.3. The molecule has 1 aromatic rings. The maximum atomic E-state index is 11.8. The molecule has 1 fully saturated rings. The number of carbonyl (C=O) groups is 2. The molecule has 1 aromatic heterocycles. The number of nitrogens with one attached hydrogen (secondary N) is 1. The summed E-state index contributed by atoms with van der Waals surface area (Å²) >= 11 is 0. The summed E-state index contributed by atoms with van der Waals surface area (Å²) in [5.74, 6) is 0.367. The summed E-state index contributed by atoms with van der Waals surface area (Å²) in [6.07, 6.45) is 0.843. The third kappa shape index (κ3) is 2.01. The topological polar surface area (TPSA) is 120 Å². The minimum absolute atomic E-state index is 0.0992. The lowest BCUT2D eigenvalue weighted by Crippen LogP contribution is -2.39. The van der Waals surface area contributed by atoms with Gasteiger partial charge in [0.1, 0.15) is 5.60 Å². The lowest BCUT2D eigenvalue weighted by atomic mass is 10.1. The first-order valence-corrected chi connectivity index (χ1v) is 6.01. The van der Waals surface area contributed by atoms with E-state index in [1.165, 1.54) is 11.1 Å². The van der Waals surface area contributed by atoms with Crippen LogP contribution in [-0.4, -0.2) is 47.3 Å². The van der Waals surface area contributed by atoms with Crippen LogP contribution in [0.3, 0.4) is 0 Å². The highest BCUT2D eigenvalue weighted by Crippen LogP contribution is 2.29. The molecule has 2 amide bonds. The van der Waals surface area contributed by atoms with Crippen LogP contribution >= 0.6 is 0 Å². The fourth-order valence-electron chi connectivity index (χ4n) is 1.97. The summed E-state index contributed by atoms with van der Waals surface area (Å²) < 4.78 is 10.3. The minimum Gasteiger partial charge on any atom is -0.465 e. The molecule has 0 bridgehead atoms. The van der Waals surface area contributed by atoms with E-state index in [4.69, 9.17) is 15.2 Å². The Morgan fingerprint density at radius 2 is 2.35 bits per heavy atom. The summed E-state index contributed by atoms with van der Waals surface area (Å²) in [5.41, 5.74) is 4.83. The second-order valence-electron chi connectivity index (χ2n) is 4.83. The first-order chi connectivity index (χ1) is 9.50. The SMILES string of the molecule is C[C@]1(CN)CN(c2cnc3c(n2)NC(=O)CO3)C(=O)O1. The van der Waals surface area contributed by atoms with Gasteiger partial charge in [-0.15, -0.1) is 0 Å². The molecular weight excluding hydrogens is 266 g/mol. The average Bonchev–Trinajstić information content (AvgIpc) is 2.74. The van der Waals surface area contributed by atoms with Crippen LogP contribution in [0.25, 0.3) is 0 Å². The summed E-state index contributed by atoms with van der Waals surface area (Å²) in [6.45, 7) is 2.11. The molecule has 3 rings (SSSR count). The third-order valence-corrected chi connectivity index (χ3v) is 3.08. The van der Waals surface area contributed by atoms with E-state index in [-0.39, 0.29) is 43.1 Å². The smallest absolute Gasteiger partial charge is 0.416 e. The zero-order valence-electron chi connectivity index (χ0n) is 10.8. The number of aromatic nitrogens is 2. The normalized spacial score (nSPS) is 24.8. The monoisotopic (exact) mass is 279 g/mol. The van der Waals surface area contributed by atoms with Crippen LogP contribution in [0.15, 0.2) is 6.20 Å². The van der Waals surface area contributed by atoms with Gasteiger partial charge in [-0.2, -0.15) is 0 Å². The maximum Gasteiger partial charge on any atom is 0.416 e. The number of anilines is 2. The second kappa shape index (κ2) is 4.30. The first-order valence-electron chi connectivity index (χ1n) is 6.01. The van der Waals surface area contributed by atoms with Gasteiger partial charge in [-0.05, 0) is 6.92 Å². The number of hydrogen-bond donors (Lipinski definition) is 2. The predicted octanol–water partition coefficient (Wildman–Crippen LogP) is -0.519. The molecule has 3 N–H and O–H groups in total. The number of rotatable bonds is 2. The van der Waals surface area contributed by atoms with E-state index in [0.717, 1.165) is 0 Å². The average molecular weight is 279 g/mol. The van der Waals surface area contributed by atoms with Gasteiger partial charge in [0.2, 0.25) is 0 Å². The Labute approximate surface area is 114 Å². The second-order valence-corrected chi connectivity index (χ2v) is 4.83. The van der Waals surface area contributed by atoms with Crippen molar-refractivity contribution in [2.45, 2.75) is 12.5 Å². The Bertz CT molecular complexity index is 592. The van der Waals surface area contributed by atoms with Crippen molar-refractivity contribution < 1.29 is 19.1 Å². The van der Waals surface area contributed by atoms with Gasteiger partial charge in [-0.1, -0.05) is 0 Å². The van der Waals surface area contributed by atoms with Gasteiger partial charge in [-0.25, -0.2) is 14.8 Å². The van der Waals surface area contributed by atoms with Crippen molar-refractivity contribution in [3.8, 4) is 5.88 Å². The largest absolute Gasteiger partial charge is 0.465 e. The van der Waals surface area contributed by atoms with Gasteiger partial charge in [0.25, 0.3) is 11.8 Å². The molecule has 9 heteroatoms. The molecule has 2 aliphatic rings. The van der Waals surface area contributed by atoms with Gasteiger partial charge in [-0.3, -0.25) is 9.69 Å². The van der Waals surface area contributed by atoms with Crippen molar-refractivity contribution >= 4 is 23.6 Å². The van der Waals surface area contributed by atoms with Gasteiger partial charge >= 0.3 is 6.09 Å². The highest BCUT2D eigenvalue weighted by atomic mass is 16.6. The molecule has 1 saturated heterocycles. The Hall–Kier alpha value is -2.42. The zero-order valence-corrected chi connectivity index (χ0v) is 10.8. The molecule has 106 valence electrons. The van der Waals surface area contributed by atoms with Crippen molar-refractivity contribution in [2.75, 3.05) is 29.9 Å². The molecule has 1 atom stereocenters. The molecule has 0 radical (unpaired) electrons. The Balaban J connectivity index is 1.90. The van der Waals surface area contributed by atoms with Gasteiger partial charge in [0, 0.05) is 6.54 Å². The van der Waals surface area contributed by atoms with E-state index >= 15 is 0 Å². The maximum absolute atomic E-state index is 11.8. The summed E-state index contributed by atoms with van der Waals surface area (Å²) in [6, 6.07) is 0. The molecule has 3 heterocycles. The number of carbonyl (C=O) groups excluding carboxylic acids is 2. The number of fused-ring (bicyclic) bond motifs is 1. The number of amides is 2. The fourth-order valence-corrected chi connectivity index (χ4v) is 1.97. The van der Waals surface area contributed by atoms with E-state index in [9.17, 15) is 9.59 Å². The fraction of sp³-hybridized carbons (Fsp3) is 0.455. The van der Waals surface area contributed by atoms with Crippen LogP contribution in [0.5, 0.6) is 5.88 Å². The Morgan fingerprint density at radius 3 is 3.05 bits per heavy atom. The Kier molecular flexibility index (Phi) is 2.71. The quantitative estimate of drug-likeness (QED) is 0.747. The van der Waals surface area contributed by atoms with Gasteiger partial charge < -0.3 is 20.5 Å². The lowest BCUT2D eigenvalue weighted by Gasteiger charge is -2.20. The van der Waals surface area contributed by atoms with Crippen LogP contribution in [-0.2, 0) is 9.53 Å². The number of ether oxygens (including phenoxy) is 2. The molecule has 0 saturated carbocycles. The number of cyclic esters (lactones) is 1. The number of hydrogen-bond acceptors (Lipinski definition) is 7. The summed E-state index contributed by atoms with van der Waals surface area (Å²) in [7, 11) is 0. The highest BCUT2D eigenvalue weighted by Gasteiger charge is 2.42. The Morgan fingerprint density at radius 1 is 1.55 bits per heavy atom. The lowest BCUT2D eigenvalue weighted by molar-refractivity contribution is -0.118. The number of nitrogens with two attached hydrogens (primary N) is 1. The van der Waals surface area contributed by atoms with Crippen molar-refractivity contribution in [3.05, 3.63) is 6.20 Å². The minimum atomic E-state index is -0.756. The third-order valence-electron chi connectivity index (χ3n) is 3.08. The summed E-state index contributed by atoms with van der Waals surface area (Å²) in [5, 5.41) is 2.53. The van der Waals surface area contributed by atoms with Crippen molar-refractivity contribution in [2.24, 2.45) is 5.73 Å². The van der Waals surface area contributed by atoms with E-state index in [1.807, 2.05) is 0 Å².